The van der Waals surface area contributed by atoms with Crippen LogP contribution < -0.4 is 5.32 Å². The van der Waals surface area contributed by atoms with Crippen LogP contribution in [-0.2, 0) is 12.3 Å². The van der Waals surface area contributed by atoms with E-state index in [2.05, 4.69) is 10.3 Å². The zero-order valence-corrected chi connectivity index (χ0v) is 14.1. The minimum absolute atomic E-state index is 0.138. The smallest absolute Gasteiger partial charge is 0.253 e. The average Bonchev–Trinajstić information content (AvgIpc) is 2.46. The van der Waals surface area contributed by atoms with E-state index in [9.17, 15) is 4.79 Å². The molecule has 0 fully saturated rings. The summed E-state index contributed by atoms with van der Waals surface area (Å²) in [6.07, 6.45) is 0.697. The first kappa shape index (κ1) is 15.6. The Bertz CT molecular complexity index is 774. The lowest BCUT2D eigenvalue weighted by atomic mass is 9.90. The van der Waals surface area contributed by atoms with Crippen molar-refractivity contribution in [3.8, 4) is 11.1 Å². The van der Waals surface area contributed by atoms with Crippen molar-refractivity contribution in [1.29, 1.82) is 0 Å². The average molecular weight is 356 g/mol. The van der Waals surface area contributed by atoms with E-state index >= 15 is 0 Å². The molecule has 0 radical (unpaired) electrons. The van der Waals surface area contributed by atoms with Gasteiger partial charge in [0, 0.05) is 45.7 Å². The van der Waals surface area contributed by atoms with Crippen molar-refractivity contribution in [2.75, 3.05) is 6.54 Å². The van der Waals surface area contributed by atoms with Gasteiger partial charge in [0.25, 0.3) is 5.91 Å². The number of carbonyl (C=O) groups is 1. The van der Waals surface area contributed by atoms with Gasteiger partial charge in [0.2, 0.25) is 0 Å². The lowest BCUT2D eigenvalue weighted by Gasteiger charge is -2.23. The number of alkyl halides is 1. The van der Waals surface area contributed by atoms with Crippen LogP contribution in [0.4, 0.5) is 0 Å². The summed E-state index contributed by atoms with van der Waals surface area (Å²) < 4.78 is 0. The van der Waals surface area contributed by atoms with Crippen LogP contribution in [0.1, 0.15) is 27.3 Å². The van der Waals surface area contributed by atoms with Crippen LogP contribution in [0.2, 0.25) is 10.0 Å². The van der Waals surface area contributed by atoms with Crippen LogP contribution in [-0.4, -0.2) is 17.4 Å². The molecule has 0 saturated heterocycles. The van der Waals surface area contributed by atoms with E-state index in [4.69, 9.17) is 34.8 Å². The molecule has 2 heterocycles. The Morgan fingerprint density at radius 1 is 1.27 bits per heavy atom. The number of halogens is 3. The van der Waals surface area contributed by atoms with E-state index in [1.807, 2.05) is 13.0 Å². The topological polar surface area (TPSA) is 42.0 Å². The largest absolute Gasteiger partial charge is 0.352 e. The number of benzene rings is 1. The van der Waals surface area contributed by atoms with Gasteiger partial charge in [-0.05, 0) is 24.6 Å². The molecular formula is C16H13Cl3N2O. The van der Waals surface area contributed by atoms with Gasteiger partial charge in [-0.3, -0.25) is 9.78 Å². The van der Waals surface area contributed by atoms with Crippen LogP contribution in [0.5, 0.6) is 0 Å². The number of pyridine rings is 1. The molecule has 0 unspecified atom stereocenters. The molecular weight excluding hydrogens is 343 g/mol. The number of carbonyl (C=O) groups excluding carboxylic acids is 1. The Balaban J connectivity index is 2.38. The van der Waals surface area contributed by atoms with Gasteiger partial charge in [0.05, 0.1) is 11.3 Å². The Morgan fingerprint density at radius 2 is 2.05 bits per heavy atom. The van der Waals surface area contributed by atoms with Crippen molar-refractivity contribution in [3.05, 3.63) is 50.8 Å². The molecule has 1 N–H and O–H groups in total. The molecule has 0 spiro atoms. The third kappa shape index (κ3) is 2.58. The van der Waals surface area contributed by atoms with Crippen LogP contribution in [0.15, 0.2) is 18.2 Å². The summed E-state index contributed by atoms with van der Waals surface area (Å²) in [5.74, 6) is 0.120. The fraction of sp³-hybridized carbons (Fsp3) is 0.250. The summed E-state index contributed by atoms with van der Waals surface area (Å²) in [5, 5.41) is 3.90. The molecule has 1 aromatic carbocycles. The van der Waals surface area contributed by atoms with Gasteiger partial charge in [-0.15, -0.1) is 11.6 Å². The number of amides is 1. The molecule has 6 heteroatoms. The lowest BCUT2D eigenvalue weighted by molar-refractivity contribution is 0.0945. The molecule has 1 amide bonds. The fourth-order valence-corrected chi connectivity index (χ4v) is 3.59. The standard InChI is InChI=1S/C16H13Cl3N2O/c1-8-11(7-17)14(10-3-2-9(18)6-12(10)19)15-13(21-8)4-5-20-16(15)22/h2-3,6H,4-5,7H2,1H3,(H,20,22). The van der Waals surface area contributed by atoms with E-state index in [0.29, 0.717) is 28.6 Å². The van der Waals surface area contributed by atoms with E-state index in [1.54, 1.807) is 12.1 Å². The van der Waals surface area contributed by atoms with E-state index < -0.39 is 0 Å². The molecule has 3 rings (SSSR count). The van der Waals surface area contributed by atoms with Crippen molar-refractivity contribution < 1.29 is 4.79 Å². The molecule has 1 aliphatic rings. The monoisotopic (exact) mass is 354 g/mol. The van der Waals surface area contributed by atoms with Crippen LogP contribution >= 0.6 is 34.8 Å². The van der Waals surface area contributed by atoms with Crippen molar-refractivity contribution >= 4 is 40.7 Å². The second-order valence-corrected chi connectivity index (χ2v) is 6.25. The maximum atomic E-state index is 12.4. The number of hydrogen-bond acceptors (Lipinski definition) is 2. The number of rotatable bonds is 2. The first-order chi connectivity index (χ1) is 10.5. The molecule has 1 aliphatic heterocycles. The van der Waals surface area contributed by atoms with Crippen molar-refractivity contribution in [3.63, 3.8) is 0 Å². The highest BCUT2D eigenvalue weighted by Gasteiger charge is 2.27. The molecule has 1 aromatic heterocycles. The predicted octanol–water partition coefficient (Wildman–Crippen LogP) is 4.39. The molecule has 0 atom stereocenters. The molecule has 22 heavy (non-hydrogen) atoms. The number of aromatic nitrogens is 1. The summed E-state index contributed by atoms with van der Waals surface area (Å²) in [7, 11) is 0. The molecule has 114 valence electrons. The predicted molar refractivity (Wildman–Crippen MR) is 90.0 cm³/mol. The van der Waals surface area contributed by atoms with Gasteiger partial charge < -0.3 is 5.32 Å². The zero-order chi connectivity index (χ0) is 15.9. The fourth-order valence-electron chi connectivity index (χ4n) is 2.76. The molecule has 0 bridgehead atoms. The number of aryl methyl sites for hydroxylation is 1. The van der Waals surface area contributed by atoms with Crippen molar-refractivity contribution in [2.24, 2.45) is 0 Å². The van der Waals surface area contributed by atoms with Crippen LogP contribution in [0.25, 0.3) is 11.1 Å². The van der Waals surface area contributed by atoms with Crippen molar-refractivity contribution in [2.45, 2.75) is 19.2 Å². The summed E-state index contributed by atoms with van der Waals surface area (Å²) in [4.78, 5) is 16.9. The normalized spacial score (nSPS) is 13.7. The maximum absolute atomic E-state index is 12.4. The van der Waals surface area contributed by atoms with E-state index in [0.717, 1.165) is 28.1 Å². The Labute approximate surface area is 143 Å². The second kappa shape index (κ2) is 6.07. The second-order valence-electron chi connectivity index (χ2n) is 5.14. The highest BCUT2D eigenvalue weighted by atomic mass is 35.5. The highest BCUT2D eigenvalue weighted by molar-refractivity contribution is 6.36. The first-order valence-corrected chi connectivity index (χ1v) is 8.14. The molecule has 2 aromatic rings. The van der Waals surface area contributed by atoms with Crippen molar-refractivity contribution in [1.82, 2.24) is 10.3 Å². The minimum Gasteiger partial charge on any atom is -0.352 e. The third-order valence-electron chi connectivity index (χ3n) is 3.79. The van der Waals surface area contributed by atoms with E-state index in [-0.39, 0.29) is 11.8 Å². The van der Waals surface area contributed by atoms with Crippen LogP contribution in [0.3, 0.4) is 0 Å². The van der Waals surface area contributed by atoms with Gasteiger partial charge in [-0.1, -0.05) is 29.3 Å². The maximum Gasteiger partial charge on any atom is 0.253 e. The Hall–Kier alpha value is -1.29. The zero-order valence-electron chi connectivity index (χ0n) is 11.8. The number of nitrogens with one attached hydrogen (secondary N) is 1. The summed E-state index contributed by atoms with van der Waals surface area (Å²) in [6, 6.07) is 5.24. The minimum atomic E-state index is -0.138. The van der Waals surface area contributed by atoms with Gasteiger partial charge in [-0.2, -0.15) is 0 Å². The number of nitrogens with zero attached hydrogens (tertiary/aromatic N) is 1. The van der Waals surface area contributed by atoms with E-state index in [1.165, 1.54) is 0 Å². The quantitative estimate of drug-likeness (QED) is 0.812. The number of fused-ring (bicyclic) bond motifs is 1. The summed E-state index contributed by atoms with van der Waals surface area (Å²) >= 11 is 18.5. The SMILES string of the molecule is Cc1nc2c(c(-c3ccc(Cl)cc3Cl)c1CCl)C(=O)NCC2. The number of hydrogen-bond donors (Lipinski definition) is 1. The third-order valence-corrected chi connectivity index (χ3v) is 4.60. The van der Waals surface area contributed by atoms with Gasteiger partial charge in [0.15, 0.2) is 0 Å². The summed E-state index contributed by atoms with van der Waals surface area (Å²) in [5.41, 5.74) is 4.51. The molecule has 0 aliphatic carbocycles. The van der Waals surface area contributed by atoms with Crippen LogP contribution in [0, 0.1) is 6.92 Å². The van der Waals surface area contributed by atoms with Gasteiger partial charge in [-0.25, -0.2) is 0 Å². The highest BCUT2D eigenvalue weighted by Crippen LogP contribution is 2.38. The first-order valence-electron chi connectivity index (χ1n) is 6.85. The Morgan fingerprint density at radius 3 is 2.73 bits per heavy atom. The lowest BCUT2D eigenvalue weighted by Crippen LogP contribution is -2.33. The molecule has 0 saturated carbocycles. The Kier molecular flexibility index (Phi) is 4.31. The van der Waals surface area contributed by atoms with Gasteiger partial charge in [0.1, 0.15) is 0 Å². The van der Waals surface area contributed by atoms with Gasteiger partial charge >= 0.3 is 0 Å². The summed E-state index contributed by atoms with van der Waals surface area (Å²) in [6.45, 7) is 2.49. The molecule has 3 nitrogen and oxygen atoms in total.